The minimum absolute atomic E-state index is 0.0567. The summed E-state index contributed by atoms with van der Waals surface area (Å²) in [7, 11) is 0. The van der Waals surface area contributed by atoms with Gasteiger partial charge in [-0.2, -0.15) is 0 Å². The average Bonchev–Trinajstić information content (AvgIpc) is 3.13. The Morgan fingerprint density at radius 1 is 1.35 bits per heavy atom. The van der Waals surface area contributed by atoms with Crippen molar-refractivity contribution in [2.45, 2.75) is 48.0 Å². The van der Waals surface area contributed by atoms with Gasteiger partial charge in [0.2, 0.25) is 5.91 Å². The van der Waals surface area contributed by atoms with Crippen LogP contribution in [0.1, 0.15) is 24.3 Å². The molecule has 1 aromatic rings. The monoisotopic (exact) mass is 487 g/mol. The summed E-state index contributed by atoms with van der Waals surface area (Å²) in [6.07, 6.45) is 0.320. The Kier molecular flexibility index (Phi) is 7.56. The minimum Gasteiger partial charge on any atom is -0.481 e. The largest absolute Gasteiger partial charge is 0.481 e. The van der Waals surface area contributed by atoms with Gasteiger partial charge in [0.25, 0.3) is 5.91 Å². The number of thioether (sulfide) groups is 2. The number of β-lactam (4-membered cyclic amide) rings is 1. The molecule has 2 aliphatic heterocycles. The first-order valence-electron chi connectivity index (χ1n) is 9.29. The Morgan fingerprint density at radius 3 is 2.71 bits per heavy atom. The number of aromatic nitrogens is 2. The highest BCUT2D eigenvalue weighted by molar-refractivity contribution is 8.01. The van der Waals surface area contributed by atoms with E-state index in [-0.39, 0.29) is 25.0 Å². The molecule has 0 spiro atoms. The number of rotatable bonds is 10. The van der Waals surface area contributed by atoms with E-state index < -0.39 is 41.2 Å². The summed E-state index contributed by atoms with van der Waals surface area (Å²) in [6, 6.07) is -1.80. The van der Waals surface area contributed by atoms with Crippen molar-refractivity contribution in [3.63, 3.8) is 0 Å². The lowest BCUT2D eigenvalue weighted by atomic mass is 10.0. The fourth-order valence-corrected chi connectivity index (χ4v) is 6.45. The molecule has 14 heteroatoms. The first kappa shape index (κ1) is 23.5. The third-order valence-corrected chi connectivity index (χ3v) is 8.07. The van der Waals surface area contributed by atoms with Gasteiger partial charge in [0.1, 0.15) is 22.1 Å². The van der Waals surface area contributed by atoms with Gasteiger partial charge in [0, 0.05) is 17.9 Å². The van der Waals surface area contributed by atoms with Crippen molar-refractivity contribution in [3.8, 4) is 0 Å². The van der Waals surface area contributed by atoms with Crippen LogP contribution in [-0.4, -0.2) is 78.0 Å². The van der Waals surface area contributed by atoms with Gasteiger partial charge in [-0.3, -0.25) is 19.3 Å². The molecule has 168 valence electrons. The van der Waals surface area contributed by atoms with E-state index in [0.717, 1.165) is 9.35 Å². The first-order valence-corrected chi connectivity index (χ1v) is 12.1. The zero-order chi connectivity index (χ0) is 22.7. The van der Waals surface area contributed by atoms with Crippen LogP contribution in [0, 0.1) is 6.92 Å². The van der Waals surface area contributed by atoms with E-state index in [9.17, 15) is 24.3 Å². The molecule has 3 heterocycles. The van der Waals surface area contributed by atoms with E-state index in [4.69, 9.17) is 10.8 Å². The van der Waals surface area contributed by atoms with Gasteiger partial charge >= 0.3 is 11.9 Å². The van der Waals surface area contributed by atoms with Crippen molar-refractivity contribution in [1.82, 2.24) is 20.4 Å². The number of carbonyl (C=O) groups excluding carboxylic acids is 2. The number of carboxylic acid groups (broad SMARTS) is 2. The van der Waals surface area contributed by atoms with Gasteiger partial charge in [0.05, 0.1) is 6.04 Å². The fraction of sp³-hybridized carbons (Fsp3) is 0.529. The highest BCUT2D eigenvalue weighted by Gasteiger charge is 2.54. The van der Waals surface area contributed by atoms with Crippen LogP contribution in [-0.2, 0) is 19.2 Å². The van der Waals surface area contributed by atoms with Gasteiger partial charge in [-0.1, -0.05) is 23.1 Å². The topological polar surface area (TPSA) is 176 Å². The molecular weight excluding hydrogens is 466 g/mol. The Bertz CT molecular complexity index is 935. The second kappa shape index (κ2) is 9.97. The fourth-order valence-electron chi connectivity index (χ4n) is 3.14. The maximum Gasteiger partial charge on any atom is 0.352 e. The number of nitrogens with one attached hydrogen (secondary N) is 1. The molecule has 2 amide bonds. The number of carbonyl (C=O) groups is 4. The van der Waals surface area contributed by atoms with Gasteiger partial charge in [-0.15, -0.1) is 22.0 Å². The third-order valence-electron chi connectivity index (χ3n) is 4.67. The Morgan fingerprint density at radius 2 is 2.10 bits per heavy atom. The van der Waals surface area contributed by atoms with Crippen LogP contribution in [0.15, 0.2) is 15.6 Å². The first-order chi connectivity index (χ1) is 14.7. The molecule has 2 aliphatic rings. The van der Waals surface area contributed by atoms with E-state index >= 15 is 0 Å². The smallest absolute Gasteiger partial charge is 0.352 e. The van der Waals surface area contributed by atoms with Crippen LogP contribution >= 0.6 is 34.9 Å². The molecule has 5 N–H and O–H groups in total. The van der Waals surface area contributed by atoms with Gasteiger partial charge in [-0.05, 0) is 25.3 Å². The van der Waals surface area contributed by atoms with Crippen LogP contribution in [0.5, 0.6) is 0 Å². The van der Waals surface area contributed by atoms with E-state index in [1.807, 2.05) is 6.92 Å². The van der Waals surface area contributed by atoms with E-state index in [2.05, 4.69) is 15.5 Å². The molecule has 1 fully saturated rings. The van der Waals surface area contributed by atoms with Crippen LogP contribution < -0.4 is 11.1 Å². The zero-order valence-corrected chi connectivity index (χ0v) is 18.9. The third kappa shape index (κ3) is 5.37. The molecule has 3 atom stereocenters. The number of carboxylic acids is 2. The van der Waals surface area contributed by atoms with E-state index in [1.54, 1.807) is 0 Å². The Balaban J connectivity index is 1.62. The average molecular weight is 488 g/mol. The molecule has 0 aromatic carbocycles. The zero-order valence-electron chi connectivity index (χ0n) is 16.4. The van der Waals surface area contributed by atoms with Gasteiger partial charge < -0.3 is 21.3 Å². The lowest BCUT2D eigenvalue weighted by Crippen LogP contribution is -2.71. The molecule has 1 saturated heterocycles. The summed E-state index contributed by atoms with van der Waals surface area (Å²) < 4.78 is 0.721. The number of amides is 2. The Hall–Kier alpha value is -2.16. The second-order valence-electron chi connectivity index (χ2n) is 6.92. The van der Waals surface area contributed by atoms with Crippen molar-refractivity contribution in [1.29, 1.82) is 0 Å². The second-order valence-corrected chi connectivity index (χ2v) is 10.4. The van der Waals surface area contributed by atoms with Crippen LogP contribution in [0.2, 0.25) is 0 Å². The number of hydrogen-bond acceptors (Lipinski definition) is 10. The lowest BCUT2D eigenvalue weighted by Gasteiger charge is -2.49. The van der Waals surface area contributed by atoms with Crippen molar-refractivity contribution in [2.75, 3.05) is 11.5 Å². The summed E-state index contributed by atoms with van der Waals surface area (Å²) in [5.74, 6) is -2.46. The predicted octanol–water partition coefficient (Wildman–Crippen LogP) is 0.259. The number of hydrogen-bond donors (Lipinski definition) is 4. The van der Waals surface area contributed by atoms with Crippen LogP contribution in [0.3, 0.4) is 0 Å². The van der Waals surface area contributed by atoms with Crippen molar-refractivity contribution in [3.05, 3.63) is 16.3 Å². The van der Waals surface area contributed by atoms with Crippen LogP contribution in [0.25, 0.3) is 0 Å². The Labute approximate surface area is 189 Å². The molecule has 1 aromatic heterocycles. The maximum atomic E-state index is 12.7. The maximum absolute atomic E-state index is 12.7. The normalized spacial score (nSPS) is 21.4. The van der Waals surface area contributed by atoms with Crippen molar-refractivity contribution < 1.29 is 29.4 Å². The highest BCUT2D eigenvalue weighted by Crippen LogP contribution is 2.41. The standard InChI is InChI=1S/C17H21N5O6S3/c1-7-20-21-17(31-7)30-6-8-5-29-15-11(14(26)22(15)12(8)16(27)28)19-13(25)9(18)3-2-4-10(23)24/h9,11,15H,2-6,18H2,1H3,(H,19,25)(H,23,24)(H,27,28)/t9-,11-,15-/m1/s1. The van der Waals surface area contributed by atoms with E-state index in [0.29, 0.717) is 17.1 Å². The molecule has 11 nitrogen and oxygen atoms in total. The van der Waals surface area contributed by atoms with E-state index in [1.165, 1.54) is 39.8 Å². The number of nitrogens with zero attached hydrogens (tertiary/aromatic N) is 3. The minimum atomic E-state index is -1.20. The summed E-state index contributed by atoms with van der Waals surface area (Å²) in [5.41, 5.74) is 6.34. The number of aryl methyl sites for hydroxylation is 1. The predicted molar refractivity (Wildman–Crippen MR) is 115 cm³/mol. The molecule has 0 aliphatic carbocycles. The lowest BCUT2D eigenvalue weighted by molar-refractivity contribution is -0.150. The molecular formula is C17H21N5O6S3. The summed E-state index contributed by atoms with van der Waals surface area (Å²) in [4.78, 5) is 48.6. The number of nitrogens with two attached hydrogens (primary N) is 1. The molecule has 0 radical (unpaired) electrons. The molecule has 0 unspecified atom stereocenters. The SMILES string of the molecule is Cc1nnc(SCC2=C(C(=O)O)N3C(=O)[C@@H](NC(=O)[C@H](N)CCCC(=O)O)[C@H]3SC2)s1. The molecule has 3 rings (SSSR count). The molecule has 31 heavy (non-hydrogen) atoms. The van der Waals surface area contributed by atoms with Crippen LogP contribution in [0.4, 0.5) is 0 Å². The van der Waals surface area contributed by atoms with Crippen molar-refractivity contribution in [2.24, 2.45) is 5.73 Å². The van der Waals surface area contributed by atoms with Crippen molar-refractivity contribution >= 4 is 58.6 Å². The quantitative estimate of drug-likeness (QED) is 0.263. The summed E-state index contributed by atoms with van der Waals surface area (Å²) in [5, 5.41) is 29.2. The summed E-state index contributed by atoms with van der Waals surface area (Å²) in [6.45, 7) is 1.83. The number of fused-ring (bicyclic) bond motifs is 1. The van der Waals surface area contributed by atoms with Gasteiger partial charge in [-0.25, -0.2) is 4.79 Å². The molecule has 0 saturated carbocycles. The summed E-state index contributed by atoms with van der Waals surface area (Å²) >= 11 is 4.15. The number of aliphatic carboxylic acids is 2. The highest BCUT2D eigenvalue weighted by atomic mass is 32.2. The molecule has 0 bridgehead atoms. The van der Waals surface area contributed by atoms with Gasteiger partial charge in [0.15, 0.2) is 4.34 Å².